The van der Waals surface area contributed by atoms with Crippen molar-refractivity contribution in [3.63, 3.8) is 0 Å². The molecule has 0 fully saturated rings. The number of nitrogens with zero attached hydrogens (tertiary/aromatic N) is 9. The minimum atomic E-state index is -1.20. The molecule has 26 heteroatoms. The number of aliphatic imine (C=N–C) groups is 3. The fraction of sp³-hybridized carbons (Fsp3) is 0.571. The number of hydrogen-bond acceptors (Lipinski definition) is 20. The highest BCUT2D eigenvalue weighted by atomic mass is 16.6. The monoisotopic (exact) mass is 861 g/mol. The summed E-state index contributed by atoms with van der Waals surface area (Å²) < 4.78 is 23.1. The molecule has 0 spiro atoms. The van der Waals surface area contributed by atoms with E-state index in [4.69, 9.17) is 18.9 Å². The summed E-state index contributed by atoms with van der Waals surface area (Å²) >= 11 is 0. The molecule has 0 aromatic carbocycles. The normalized spacial score (nSPS) is 10.9. The van der Waals surface area contributed by atoms with Crippen molar-refractivity contribution in [3.8, 4) is 0 Å². The SMILES string of the molecule is C=C(C)C(=O)OCCOC(=O)CCn1c(=O)n(CCC(=O)OCCCC(CC)CCOC(=O)CCn2c(=O)n(CN=C=O)c(=O)n(CN=C=O)c2=O)c(=O)n(CN=C=O)c1=O. The van der Waals surface area contributed by atoms with Crippen LogP contribution in [0.3, 0.4) is 0 Å². The number of carbonyl (C=O) groups excluding carboxylic acids is 7. The Morgan fingerprint density at radius 3 is 1.26 bits per heavy atom. The van der Waals surface area contributed by atoms with Crippen molar-refractivity contribution in [1.82, 2.24) is 27.4 Å². The number of ether oxygens (including phenoxy) is 4. The van der Waals surface area contributed by atoms with Crippen LogP contribution in [0.5, 0.6) is 0 Å². The predicted octanol–water partition coefficient (Wildman–Crippen LogP) is -2.65. The maximum Gasteiger partial charge on any atom is 0.339 e. The van der Waals surface area contributed by atoms with E-state index in [1.807, 2.05) is 6.92 Å². The van der Waals surface area contributed by atoms with E-state index in [1.54, 1.807) is 0 Å². The molecule has 61 heavy (non-hydrogen) atoms. The summed E-state index contributed by atoms with van der Waals surface area (Å²) in [5.74, 6) is -3.15. The summed E-state index contributed by atoms with van der Waals surface area (Å²) in [7, 11) is 0. The second-order valence-corrected chi connectivity index (χ2v) is 12.6. The highest BCUT2D eigenvalue weighted by molar-refractivity contribution is 5.86. The molecule has 2 rings (SSSR count). The van der Waals surface area contributed by atoms with Gasteiger partial charge in [-0.1, -0.05) is 19.9 Å². The van der Waals surface area contributed by atoms with E-state index in [9.17, 15) is 62.3 Å². The van der Waals surface area contributed by atoms with Crippen LogP contribution in [0.4, 0.5) is 0 Å². The van der Waals surface area contributed by atoms with Crippen molar-refractivity contribution in [2.24, 2.45) is 20.9 Å². The maximum absolute atomic E-state index is 13.1. The second-order valence-electron chi connectivity index (χ2n) is 12.6. The molecule has 0 aliphatic rings. The van der Waals surface area contributed by atoms with Gasteiger partial charge in [0.15, 0.2) is 0 Å². The molecule has 0 saturated heterocycles. The average Bonchev–Trinajstić information content (AvgIpc) is 3.22. The van der Waals surface area contributed by atoms with Crippen molar-refractivity contribution in [1.29, 1.82) is 0 Å². The van der Waals surface area contributed by atoms with E-state index in [2.05, 4.69) is 21.6 Å². The largest absolute Gasteiger partial charge is 0.466 e. The lowest BCUT2D eigenvalue weighted by atomic mass is 9.97. The van der Waals surface area contributed by atoms with Crippen molar-refractivity contribution in [2.75, 3.05) is 26.4 Å². The van der Waals surface area contributed by atoms with E-state index in [-0.39, 0.29) is 37.9 Å². The molecule has 0 aliphatic heterocycles. The molecule has 2 heterocycles. The van der Waals surface area contributed by atoms with Crippen LogP contribution in [0, 0.1) is 5.92 Å². The van der Waals surface area contributed by atoms with Crippen LogP contribution in [-0.4, -0.2) is 95.9 Å². The summed E-state index contributed by atoms with van der Waals surface area (Å²) in [5.41, 5.74) is -6.94. The summed E-state index contributed by atoms with van der Waals surface area (Å²) in [6.45, 7) is 2.04. The van der Waals surface area contributed by atoms with Crippen LogP contribution >= 0.6 is 0 Å². The molecule has 26 nitrogen and oxygen atoms in total. The summed E-state index contributed by atoms with van der Waals surface area (Å²) in [6.07, 6.45) is 3.95. The van der Waals surface area contributed by atoms with Gasteiger partial charge in [0.1, 0.15) is 33.2 Å². The molecule has 2 aromatic heterocycles. The van der Waals surface area contributed by atoms with Gasteiger partial charge in [-0.15, -0.1) is 0 Å². The first-order valence-electron chi connectivity index (χ1n) is 18.4. The molecule has 1 atom stereocenters. The Labute approximate surface area is 342 Å². The Balaban J connectivity index is 1.92. The Morgan fingerprint density at radius 1 is 0.541 bits per heavy atom. The lowest BCUT2D eigenvalue weighted by Crippen LogP contribution is -2.54. The average molecular weight is 862 g/mol. The standard InChI is InChI=1S/C35H43N9O17/c1-4-25(10-15-59-27(49)8-13-41-33(55)43(19-37-22-46)35(57)44(34(41)56)20-38-23-47)6-5-14-58-26(48)7-11-39-30(52)40(32(54)42(31(39)53)18-36-21-45)12-9-28(50)60-16-17-61-29(51)24(2)3/h25H,2,4-20H2,1,3H3. The number of carbonyl (C=O) groups is 4. The highest BCUT2D eigenvalue weighted by Crippen LogP contribution is 2.16. The number of esters is 4. The Morgan fingerprint density at radius 2 is 0.885 bits per heavy atom. The van der Waals surface area contributed by atoms with Gasteiger partial charge in [-0.05, 0) is 32.1 Å². The number of isocyanates is 3. The van der Waals surface area contributed by atoms with Gasteiger partial charge in [0.2, 0.25) is 18.2 Å². The van der Waals surface area contributed by atoms with E-state index in [1.165, 1.54) is 13.0 Å². The van der Waals surface area contributed by atoms with Gasteiger partial charge in [0.25, 0.3) is 0 Å². The first-order valence-corrected chi connectivity index (χ1v) is 18.4. The van der Waals surface area contributed by atoms with E-state index in [0.717, 1.165) is 12.2 Å². The third-order valence-corrected chi connectivity index (χ3v) is 8.53. The van der Waals surface area contributed by atoms with Gasteiger partial charge < -0.3 is 18.9 Å². The molecule has 0 radical (unpaired) electrons. The third-order valence-electron chi connectivity index (χ3n) is 8.53. The molecular weight excluding hydrogens is 818 g/mol. The fourth-order valence-electron chi connectivity index (χ4n) is 5.29. The first kappa shape index (κ1) is 49.7. The van der Waals surface area contributed by atoms with Gasteiger partial charge in [-0.3, -0.25) is 14.4 Å². The number of hydrogen-bond donors (Lipinski definition) is 0. The maximum atomic E-state index is 13.1. The molecule has 0 amide bonds. The van der Waals surface area contributed by atoms with Crippen LogP contribution in [0.25, 0.3) is 0 Å². The Bertz CT molecular complexity index is 2390. The van der Waals surface area contributed by atoms with Crippen molar-refractivity contribution in [3.05, 3.63) is 75.1 Å². The Hall–Kier alpha value is -7.42. The summed E-state index contributed by atoms with van der Waals surface area (Å²) in [6, 6.07) is 0. The molecule has 330 valence electrons. The second kappa shape index (κ2) is 25.8. The van der Waals surface area contributed by atoms with Crippen LogP contribution in [0.1, 0.15) is 58.8 Å². The zero-order valence-electron chi connectivity index (χ0n) is 33.3. The van der Waals surface area contributed by atoms with Crippen LogP contribution in [0.15, 0.2) is 55.9 Å². The van der Waals surface area contributed by atoms with Crippen LogP contribution in [0.2, 0.25) is 0 Å². The Kier molecular flexibility index (Phi) is 21.1. The highest BCUT2D eigenvalue weighted by Gasteiger charge is 2.20. The van der Waals surface area contributed by atoms with Gasteiger partial charge >= 0.3 is 58.0 Å². The lowest BCUT2D eigenvalue weighted by Gasteiger charge is -2.15. The first-order chi connectivity index (χ1) is 29.1. The van der Waals surface area contributed by atoms with Crippen molar-refractivity contribution in [2.45, 2.75) is 98.4 Å². The van der Waals surface area contributed by atoms with Gasteiger partial charge in [-0.25, -0.2) is 75.3 Å². The zero-order valence-corrected chi connectivity index (χ0v) is 33.3. The summed E-state index contributed by atoms with van der Waals surface area (Å²) in [4.78, 5) is 167. The molecule has 0 saturated carbocycles. The van der Waals surface area contributed by atoms with Gasteiger partial charge in [-0.2, -0.15) is 15.0 Å². The van der Waals surface area contributed by atoms with Crippen LogP contribution < -0.4 is 34.1 Å². The number of rotatable bonds is 27. The molecular formula is C35H43N9O17. The third kappa shape index (κ3) is 15.4. The van der Waals surface area contributed by atoms with E-state index < -0.39 is 117 Å². The quantitative estimate of drug-likeness (QED) is 0.0221. The summed E-state index contributed by atoms with van der Waals surface area (Å²) in [5, 5.41) is 0. The van der Waals surface area contributed by atoms with Gasteiger partial charge in [0.05, 0.1) is 32.5 Å². The fourth-order valence-corrected chi connectivity index (χ4v) is 5.29. The van der Waals surface area contributed by atoms with Crippen molar-refractivity contribution < 1.29 is 52.5 Å². The minimum absolute atomic E-state index is 0.00472. The molecule has 0 bridgehead atoms. The zero-order chi connectivity index (χ0) is 45.5. The smallest absolute Gasteiger partial charge is 0.339 e. The van der Waals surface area contributed by atoms with Crippen LogP contribution in [-0.2, 0) is 92.1 Å². The van der Waals surface area contributed by atoms with Crippen molar-refractivity contribution >= 4 is 42.1 Å². The van der Waals surface area contributed by atoms with E-state index in [0.29, 0.717) is 53.1 Å². The lowest BCUT2D eigenvalue weighted by molar-refractivity contribution is -0.150. The molecule has 0 aliphatic carbocycles. The molecule has 1 unspecified atom stereocenters. The molecule has 0 N–H and O–H groups in total. The topological polar surface area (TPSA) is 325 Å². The predicted molar refractivity (Wildman–Crippen MR) is 203 cm³/mol. The van der Waals surface area contributed by atoms with Gasteiger partial charge in [0, 0.05) is 25.2 Å². The van der Waals surface area contributed by atoms with E-state index >= 15 is 0 Å². The minimum Gasteiger partial charge on any atom is -0.466 e. The molecule has 2 aromatic rings. The number of aromatic nitrogens is 6.